The summed E-state index contributed by atoms with van der Waals surface area (Å²) in [5, 5.41) is 5.61. The number of pyridine rings is 1. The molecule has 2 fully saturated rings. The Morgan fingerprint density at radius 3 is 2.18 bits per heavy atom. The van der Waals surface area contributed by atoms with Gasteiger partial charge >= 0.3 is 0 Å². The van der Waals surface area contributed by atoms with Gasteiger partial charge in [-0.15, -0.1) is 0 Å². The number of anilines is 1. The van der Waals surface area contributed by atoms with Crippen LogP contribution >= 0.6 is 0 Å². The van der Waals surface area contributed by atoms with Crippen LogP contribution in [0, 0.1) is 5.92 Å². The molecule has 0 saturated carbocycles. The number of carbonyl (C=O) groups excluding carboxylic acids is 6. The van der Waals surface area contributed by atoms with E-state index in [-0.39, 0.29) is 54.9 Å². The van der Waals surface area contributed by atoms with Gasteiger partial charge in [-0.25, -0.2) is 8.78 Å². The highest BCUT2D eigenvalue weighted by molar-refractivity contribution is 6.08. The van der Waals surface area contributed by atoms with Crippen LogP contribution < -0.4 is 10.6 Å². The lowest BCUT2D eigenvalue weighted by atomic mass is 10.0. The lowest BCUT2D eigenvalue weighted by molar-refractivity contribution is -0.140. The number of amides is 5. The third-order valence-corrected chi connectivity index (χ3v) is 8.23. The molecule has 1 unspecified atom stereocenters. The second kappa shape index (κ2) is 14.5. The van der Waals surface area contributed by atoms with Gasteiger partial charge in [0.2, 0.25) is 23.6 Å². The first-order valence-corrected chi connectivity index (χ1v) is 15.0. The van der Waals surface area contributed by atoms with E-state index in [4.69, 9.17) is 0 Å². The van der Waals surface area contributed by atoms with Crippen molar-refractivity contribution in [3.05, 3.63) is 36.0 Å². The van der Waals surface area contributed by atoms with E-state index in [1.165, 1.54) is 19.2 Å². The van der Waals surface area contributed by atoms with Gasteiger partial charge < -0.3 is 25.3 Å². The lowest BCUT2D eigenvalue weighted by Crippen LogP contribution is -2.50. The number of likely N-dealkylation sites (tertiary alicyclic amines) is 1. The fourth-order valence-corrected chi connectivity index (χ4v) is 5.24. The molecule has 0 bridgehead atoms. The maximum absolute atomic E-state index is 13.4. The number of Topliss-reactive ketones (excluding diaryl/α,β-unsaturated/α-hetero) is 1. The molecule has 1 aromatic heterocycles. The Hall–Kier alpha value is -4.49. The lowest BCUT2D eigenvalue weighted by Gasteiger charge is -2.35. The van der Waals surface area contributed by atoms with Gasteiger partial charge in [0.25, 0.3) is 11.8 Å². The maximum Gasteiger partial charge on any atom is 0.267 e. The smallest absolute Gasteiger partial charge is 0.267 e. The Labute approximate surface area is 259 Å². The highest BCUT2D eigenvalue weighted by Gasteiger charge is 2.40. The van der Waals surface area contributed by atoms with Crippen molar-refractivity contribution in [2.75, 3.05) is 51.1 Å². The fourth-order valence-electron chi connectivity index (χ4n) is 5.24. The van der Waals surface area contributed by atoms with E-state index in [0.717, 1.165) is 4.90 Å². The number of carbonyl (C=O) groups is 6. The van der Waals surface area contributed by atoms with E-state index >= 15 is 0 Å². The summed E-state index contributed by atoms with van der Waals surface area (Å²) in [7, 11) is 0. The zero-order valence-corrected chi connectivity index (χ0v) is 25.4. The molecular formula is C31H38F2N6O6. The monoisotopic (exact) mass is 628 g/mol. The van der Waals surface area contributed by atoms with Crippen molar-refractivity contribution < 1.29 is 37.5 Å². The molecule has 0 spiro atoms. The average molecular weight is 629 g/mol. The number of aromatic nitrogens is 1. The van der Waals surface area contributed by atoms with Gasteiger partial charge in [-0.1, -0.05) is 6.92 Å². The summed E-state index contributed by atoms with van der Waals surface area (Å²) in [6.45, 7) is 3.66. The van der Waals surface area contributed by atoms with Crippen LogP contribution in [0.15, 0.2) is 30.5 Å². The molecule has 4 rings (SSSR count). The Morgan fingerprint density at radius 2 is 1.56 bits per heavy atom. The first-order valence-electron chi connectivity index (χ1n) is 15.0. The molecule has 3 heterocycles. The maximum atomic E-state index is 13.4. The van der Waals surface area contributed by atoms with E-state index in [1.807, 2.05) is 0 Å². The summed E-state index contributed by atoms with van der Waals surface area (Å²) in [6, 6.07) is 6.25. The second-order valence-corrected chi connectivity index (χ2v) is 11.6. The first kappa shape index (κ1) is 33.4. The molecule has 0 aliphatic carbocycles. The zero-order valence-electron chi connectivity index (χ0n) is 25.4. The number of hydrogen-bond acceptors (Lipinski definition) is 7. The van der Waals surface area contributed by atoms with Gasteiger partial charge in [-0.2, -0.15) is 0 Å². The number of ketones is 1. The molecular weight excluding hydrogens is 590 g/mol. The van der Waals surface area contributed by atoms with Crippen LogP contribution in [0.5, 0.6) is 0 Å². The molecule has 0 radical (unpaired) electrons. The van der Waals surface area contributed by atoms with E-state index in [0.29, 0.717) is 49.2 Å². The third-order valence-electron chi connectivity index (χ3n) is 8.23. The standard InChI is InChI=1S/C31H38F2N6O6/c1-20(21(2)40)3-7-27(42)37-13-15-38(16-14-37)28(43)8-6-26(41)36-22-4-5-25-24(17-22)23(9-11-34-25)30(45)35-18-29(44)39-12-10-31(32,33)19-39/h4-5,9,11,17,20H,3,6-8,10,12-16,18-19H2,1-2H3,(H,35,45)(H,36,41). The Bertz CT molecular complexity index is 1480. The minimum Gasteiger partial charge on any atom is -0.343 e. The Balaban J connectivity index is 1.25. The predicted octanol–water partition coefficient (Wildman–Crippen LogP) is 2.23. The van der Waals surface area contributed by atoms with E-state index in [1.54, 1.807) is 34.9 Å². The summed E-state index contributed by atoms with van der Waals surface area (Å²) in [4.78, 5) is 83.0. The number of nitrogens with zero attached hydrogens (tertiary/aromatic N) is 4. The Kier molecular flexibility index (Phi) is 10.8. The number of alkyl halides is 2. The normalized spacial score (nSPS) is 16.8. The molecule has 5 amide bonds. The minimum absolute atomic E-state index is 0.0182. The largest absolute Gasteiger partial charge is 0.343 e. The molecule has 2 N–H and O–H groups in total. The number of piperazine rings is 1. The highest BCUT2D eigenvalue weighted by Crippen LogP contribution is 2.27. The van der Waals surface area contributed by atoms with Crippen molar-refractivity contribution >= 4 is 51.9 Å². The third kappa shape index (κ3) is 9.02. The molecule has 2 saturated heterocycles. The predicted molar refractivity (Wildman–Crippen MR) is 160 cm³/mol. The topological polar surface area (TPSA) is 149 Å². The Morgan fingerprint density at radius 1 is 0.889 bits per heavy atom. The summed E-state index contributed by atoms with van der Waals surface area (Å²) < 4.78 is 26.9. The van der Waals surface area contributed by atoms with Crippen molar-refractivity contribution in [2.24, 2.45) is 5.92 Å². The molecule has 1 aromatic carbocycles. The summed E-state index contributed by atoms with van der Waals surface area (Å²) in [5.41, 5.74) is 1.03. The fraction of sp³-hybridized carbons (Fsp3) is 0.516. The second-order valence-electron chi connectivity index (χ2n) is 11.6. The zero-order chi connectivity index (χ0) is 32.7. The summed E-state index contributed by atoms with van der Waals surface area (Å²) in [5.74, 6) is -4.88. The summed E-state index contributed by atoms with van der Waals surface area (Å²) in [6.07, 6.45) is 1.71. The van der Waals surface area contributed by atoms with Gasteiger partial charge in [0.15, 0.2) is 0 Å². The minimum atomic E-state index is -2.93. The van der Waals surface area contributed by atoms with Gasteiger partial charge in [-0.05, 0) is 37.6 Å². The summed E-state index contributed by atoms with van der Waals surface area (Å²) >= 11 is 0. The molecule has 2 aliphatic rings. The molecule has 45 heavy (non-hydrogen) atoms. The van der Waals surface area contributed by atoms with E-state index in [9.17, 15) is 37.5 Å². The van der Waals surface area contributed by atoms with Gasteiger partial charge in [-0.3, -0.25) is 33.8 Å². The number of fused-ring (bicyclic) bond motifs is 1. The molecule has 2 aromatic rings. The number of halogens is 2. The van der Waals surface area contributed by atoms with Crippen molar-refractivity contribution in [3.63, 3.8) is 0 Å². The van der Waals surface area contributed by atoms with Crippen LogP contribution in [0.2, 0.25) is 0 Å². The average Bonchev–Trinajstić information content (AvgIpc) is 3.40. The van der Waals surface area contributed by atoms with Crippen molar-refractivity contribution in [1.29, 1.82) is 0 Å². The van der Waals surface area contributed by atoms with Crippen LogP contribution in [0.25, 0.3) is 10.9 Å². The van der Waals surface area contributed by atoms with Gasteiger partial charge in [0.1, 0.15) is 5.78 Å². The number of rotatable bonds is 11. The SMILES string of the molecule is CC(=O)C(C)CCC(=O)N1CCN(C(=O)CCC(=O)Nc2ccc3nccc(C(=O)NCC(=O)N4CCC(F)(F)C4)c3c2)CC1. The molecule has 242 valence electrons. The van der Waals surface area contributed by atoms with Crippen LogP contribution in [0.3, 0.4) is 0 Å². The van der Waals surface area contributed by atoms with E-state index < -0.39 is 43.2 Å². The van der Waals surface area contributed by atoms with Gasteiger partial charge in [0.05, 0.1) is 24.2 Å². The van der Waals surface area contributed by atoms with Crippen LogP contribution in [-0.4, -0.2) is 107 Å². The van der Waals surface area contributed by atoms with Crippen molar-refractivity contribution in [2.45, 2.75) is 51.9 Å². The number of hydrogen-bond donors (Lipinski definition) is 2. The van der Waals surface area contributed by atoms with Crippen LogP contribution in [0.1, 0.15) is 56.3 Å². The molecule has 12 nitrogen and oxygen atoms in total. The quantitative estimate of drug-likeness (QED) is 0.388. The highest BCUT2D eigenvalue weighted by atomic mass is 19.3. The molecule has 2 aliphatic heterocycles. The number of benzene rings is 1. The van der Waals surface area contributed by atoms with Crippen LogP contribution in [0.4, 0.5) is 14.5 Å². The first-order chi connectivity index (χ1) is 21.3. The van der Waals surface area contributed by atoms with E-state index in [2.05, 4.69) is 15.6 Å². The van der Waals surface area contributed by atoms with Gasteiger partial charge in [0, 0.05) is 81.6 Å². The van der Waals surface area contributed by atoms with Crippen molar-refractivity contribution in [3.8, 4) is 0 Å². The van der Waals surface area contributed by atoms with Crippen LogP contribution in [-0.2, 0) is 24.0 Å². The van der Waals surface area contributed by atoms with Crippen molar-refractivity contribution in [1.82, 2.24) is 25.0 Å². The molecule has 14 heteroatoms. The molecule has 1 atom stereocenters. The number of nitrogens with one attached hydrogen (secondary N) is 2.